The number of aromatic nitrogens is 2. The fraction of sp³-hybridized carbons (Fsp3) is 0.444. The summed E-state index contributed by atoms with van der Waals surface area (Å²) in [5.41, 5.74) is 1.89. The number of morpholine rings is 1. The van der Waals surface area contributed by atoms with Crippen LogP contribution < -0.4 is 10.2 Å². The third kappa shape index (κ3) is 4.55. The van der Waals surface area contributed by atoms with Crippen LogP contribution in [-0.4, -0.2) is 65.1 Å². The number of halogens is 3. The number of nitrogens with zero attached hydrogens (tertiary/aromatic N) is 4. The Morgan fingerprint density at radius 2 is 2.07 bits per heavy atom. The first-order valence-corrected chi connectivity index (χ1v) is 8.77. The van der Waals surface area contributed by atoms with Crippen LogP contribution in [0.5, 0.6) is 0 Å². The predicted molar refractivity (Wildman–Crippen MR) is 95.9 cm³/mol. The maximum atomic E-state index is 12.4. The molecule has 1 aromatic heterocycles. The first kappa shape index (κ1) is 20.8. The molecule has 8 nitrogen and oxygen atoms in total. The minimum Gasteiger partial charge on any atom is -0.382 e. The van der Waals surface area contributed by atoms with E-state index in [-0.39, 0.29) is 6.54 Å². The monoisotopic (exact) mass is 409 g/mol. The van der Waals surface area contributed by atoms with Crippen molar-refractivity contribution < 1.29 is 27.8 Å². The number of aliphatic hydroxyl groups is 1. The van der Waals surface area contributed by atoms with Crippen LogP contribution in [0.15, 0.2) is 24.5 Å². The third-order valence-electron chi connectivity index (χ3n) is 4.47. The average molecular weight is 409 g/mol. The molecule has 1 aliphatic rings. The molecule has 3 atom stereocenters. The SMILES string of the molecule is C[C@@H]1CN(c2ccc(C#N)c3nccnc23)C[C@H](C(=O)NCC(O)C(F)(F)F)O1. The highest BCUT2D eigenvalue weighted by molar-refractivity contribution is 5.92. The number of nitriles is 1. The van der Waals surface area contributed by atoms with Gasteiger partial charge in [0.05, 0.1) is 30.4 Å². The van der Waals surface area contributed by atoms with Gasteiger partial charge in [0.1, 0.15) is 17.1 Å². The van der Waals surface area contributed by atoms with Gasteiger partial charge in [-0.25, -0.2) is 0 Å². The summed E-state index contributed by atoms with van der Waals surface area (Å²) in [6, 6.07) is 5.34. The van der Waals surface area contributed by atoms with Gasteiger partial charge in [-0.05, 0) is 19.1 Å². The van der Waals surface area contributed by atoms with Gasteiger partial charge in [0.15, 0.2) is 12.2 Å². The summed E-state index contributed by atoms with van der Waals surface area (Å²) in [7, 11) is 0. The highest BCUT2D eigenvalue weighted by Crippen LogP contribution is 2.29. The lowest BCUT2D eigenvalue weighted by Gasteiger charge is -2.37. The van der Waals surface area contributed by atoms with Gasteiger partial charge in [-0.2, -0.15) is 18.4 Å². The Balaban J connectivity index is 1.80. The number of carbonyl (C=O) groups is 1. The van der Waals surface area contributed by atoms with Crippen molar-refractivity contribution in [2.24, 2.45) is 0 Å². The molecule has 0 saturated carbocycles. The van der Waals surface area contributed by atoms with E-state index in [9.17, 15) is 23.2 Å². The van der Waals surface area contributed by atoms with Gasteiger partial charge in [-0.1, -0.05) is 0 Å². The second-order valence-corrected chi connectivity index (χ2v) is 6.64. The number of aliphatic hydroxyl groups excluding tert-OH is 1. The summed E-state index contributed by atoms with van der Waals surface area (Å²) < 4.78 is 42.8. The fourth-order valence-electron chi connectivity index (χ4n) is 3.11. The number of fused-ring (bicyclic) bond motifs is 1. The minimum absolute atomic E-state index is 0.0653. The molecule has 0 spiro atoms. The van der Waals surface area contributed by atoms with Crippen LogP contribution in [0.25, 0.3) is 11.0 Å². The Morgan fingerprint density at radius 3 is 2.72 bits per heavy atom. The Hall–Kier alpha value is -2.97. The second-order valence-electron chi connectivity index (χ2n) is 6.64. The van der Waals surface area contributed by atoms with Crippen molar-refractivity contribution in [2.75, 3.05) is 24.5 Å². The summed E-state index contributed by atoms with van der Waals surface area (Å²) in [6.07, 6.45) is -5.95. The number of amides is 1. The number of carbonyl (C=O) groups excluding carboxylic acids is 1. The lowest BCUT2D eigenvalue weighted by atomic mass is 10.1. The molecule has 2 heterocycles. The van der Waals surface area contributed by atoms with Gasteiger partial charge < -0.3 is 20.1 Å². The highest BCUT2D eigenvalue weighted by Gasteiger charge is 2.39. The molecule has 0 bridgehead atoms. The molecule has 1 unspecified atom stereocenters. The summed E-state index contributed by atoms with van der Waals surface area (Å²) in [4.78, 5) is 22.6. The fourth-order valence-corrected chi connectivity index (χ4v) is 3.11. The Labute approximate surface area is 163 Å². The van der Waals surface area contributed by atoms with E-state index in [2.05, 4.69) is 15.3 Å². The molecule has 1 saturated heterocycles. The van der Waals surface area contributed by atoms with E-state index >= 15 is 0 Å². The molecular formula is C18H18F3N5O3. The van der Waals surface area contributed by atoms with Crippen LogP contribution in [0.2, 0.25) is 0 Å². The number of anilines is 1. The van der Waals surface area contributed by atoms with Crippen LogP contribution in [0.4, 0.5) is 18.9 Å². The van der Waals surface area contributed by atoms with E-state index < -0.39 is 36.9 Å². The number of hydrogen-bond acceptors (Lipinski definition) is 7. The molecular weight excluding hydrogens is 391 g/mol. The lowest BCUT2D eigenvalue weighted by molar-refractivity contribution is -0.202. The number of alkyl halides is 3. The van der Waals surface area contributed by atoms with Crippen molar-refractivity contribution in [1.82, 2.24) is 15.3 Å². The van der Waals surface area contributed by atoms with E-state index in [1.54, 1.807) is 19.1 Å². The van der Waals surface area contributed by atoms with Crippen LogP contribution >= 0.6 is 0 Å². The molecule has 3 rings (SSSR count). The van der Waals surface area contributed by atoms with E-state index in [1.165, 1.54) is 12.4 Å². The van der Waals surface area contributed by atoms with Crippen molar-refractivity contribution in [3.63, 3.8) is 0 Å². The lowest BCUT2D eigenvalue weighted by Crippen LogP contribution is -2.54. The molecule has 2 aromatic rings. The quantitative estimate of drug-likeness (QED) is 0.779. The number of benzene rings is 1. The Kier molecular flexibility index (Phi) is 5.86. The summed E-state index contributed by atoms with van der Waals surface area (Å²) in [5, 5.41) is 20.4. The normalized spacial score (nSPS) is 20.9. The summed E-state index contributed by atoms with van der Waals surface area (Å²) >= 11 is 0. The standard InChI is InChI=1S/C18H18F3N5O3/c1-10-8-26(9-13(29-10)17(28)25-7-14(27)18(19,20)21)12-3-2-11(6-22)15-16(12)24-5-4-23-15/h2-5,10,13-14,27H,7-9H2,1H3,(H,25,28)/t10-,13-,14?/m1/s1. The van der Waals surface area contributed by atoms with Gasteiger partial charge in [0.2, 0.25) is 0 Å². The predicted octanol–water partition coefficient (Wildman–Crippen LogP) is 1.13. The molecule has 29 heavy (non-hydrogen) atoms. The molecule has 1 aliphatic heterocycles. The molecule has 11 heteroatoms. The van der Waals surface area contributed by atoms with E-state index in [1.807, 2.05) is 11.0 Å². The molecule has 154 valence electrons. The van der Waals surface area contributed by atoms with Crippen LogP contribution in [0.3, 0.4) is 0 Å². The number of ether oxygens (including phenoxy) is 1. The van der Waals surface area contributed by atoms with Crippen molar-refractivity contribution in [1.29, 1.82) is 5.26 Å². The number of rotatable bonds is 4. The zero-order chi connectivity index (χ0) is 21.2. The summed E-state index contributed by atoms with van der Waals surface area (Å²) in [5.74, 6) is -0.756. The van der Waals surface area contributed by atoms with Gasteiger partial charge in [0, 0.05) is 18.9 Å². The molecule has 1 amide bonds. The molecule has 0 radical (unpaired) electrons. The van der Waals surface area contributed by atoms with Gasteiger partial charge >= 0.3 is 6.18 Å². The molecule has 1 aromatic carbocycles. The van der Waals surface area contributed by atoms with Gasteiger partial charge in [-0.15, -0.1) is 0 Å². The topological polar surface area (TPSA) is 111 Å². The smallest absolute Gasteiger partial charge is 0.382 e. The minimum atomic E-state index is -4.82. The first-order chi connectivity index (χ1) is 13.7. The second kappa shape index (κ2) is 8.18. The largest absolute Gasteiger partial charge is 0.416 e. The third-order valence-corrected chi connectivity index (χ3v) is 4.47. The Morgan fingerprint density at radius 1 is 1.38 bits per heavy atom. The number of nitrogens with one attached hydrogen (secondary N) is 1. The van der Waals surface area contributed by atoms with E-state index in [0.29, 0.717) is 28.8 Å². The highest BCUT2D eigenvalue weighted by atomic mass is 19.4. The van der Waals surface area contributed by atoms with Crippen LogP contribution in [0.1, 0.15) is 12.5 Å². The van der Waals surface area contributed by atoms with Gasteiger partial charge in [-0.3, -0.25) is 14.8 Å². The van der Waals surface area contributed by atoms with Crippen molar-refractivity contribution in [3.8, 4) is 6.07 Å². The first-order valence-electron chi connectivity index (χ1n) is 8.77. The average Bonchev–Trinajstić information content (AvgIpc) is 2.69. The number of hydrogen-bond donors (Lipinski definition) is 2. The van der Waals surface area contributed by atoms with Crippen molar-refractivity contribution in [3.05, 3.63) is 30.1 Å². The van der Waals surface area contributed by atoms with E-state index in [4.69, 9.17) is 9.84 Å². The zero-order valence-corrected chi connectivity index (χ0v) is 15.3. The van der Waals surface area contributed by atoms with Crippen LogP contribution in [-0.2, 0) is 9.53 Å². The molecule has 1 fully saturated rings. The van der Waals surface area contributed by atoms with E-state index in [0.717, 1.165) is 0 Å². The van der Waals surface area contributed by atoms with Crippen LogP contribution in [0, 0.1) is 11.3 Å². The maximum Gasteiger partial charge on any atom is 0.416 e. The zero-order valence-electron chi connectivity index (χ0n) is 15.3. The van der Waals surface area contributed by atoms with Crippen molar-refractivity contribution >= 4 is 22.6 Å². The van der Waals surface area contributed by atoms with Crippen molar-refractivity contribution in [2.45, 2.75) is 31.4 Å². The van der Waals surface area contributed by atoms with Gasteiger partial charge in [0.25, 0.3) is 5.91 Å². The maximum absolute atomic E-state index is 12.4. The molecule has 2 N–H and O–H groups in total. The summed E-state index contributed by atoms with van der Waals surface area (Å²) in [6.45, 7) is 1.25. The molecule has 0 aliphatic carbocycles. The Bertz CT molecular complexity index is 946.